The molecule has 0 saturated heterocycles. The zero-order chi connectivity index (χ0) is 15.2. The van der Waals surface area contributed by atoms with Gasteiger partial charge in [0.1, 0.15) is 0 Å². The first kappa shape index (κ1) is 16.0. The number of nitrogens with one attached hydrogen (secondary N) is 1. The van der Waals surface area contributed by atoms with Crippen LogP contribution in [0.3, 0.4) is 0 Å². The van der Waals surface area contributed by atoms with Crippen LogP contribution in [0.1, 0.15) is 36.3 Å². The summed E-state index contributed by atoms with van der Waals surface area (Å²) in [4.78, 5) is 20.8. The van der Waals surface area contributed by atoms with Crippen molar-refractivity contribution in [2.75, 3.05) is 5.75 Å². The van der Waals surface area contributed by atoms with Gasteiger partial charge in [-0.15, -0.1) is 11.3 Å². The Morgan fingerprint density at radius 2 is 2.29 bits per heavy atom. The second kappa shape index (κ2) is 7.56. The Morgan fingerprint density at radius 3 is 2.90 bits per heavy atom. The number of aryl methyl sites for hydroxylation is 2. The third-order valence-electron chi connectivity index (χ3n) is 2.96. The minimum Gasteiger partial charge on any atom is -0.347 e. The number of rotatable bonds is 6. The van der Waals surface area contributed by atoms with Crippen molar-refractivity contribution in [1.29, 1.82) is 0 Å². The Hall–Kier alpha value is -1.40. The number of carbonyl (C=O) groups is 1. The fourth-order valence-corrected chi connectivity index (χ4v) is 3.56. The van der Waals surface area contributed by atoms with Gasteiger partial charge in [-0.25, -0.2) is 4.98 Å². The van der Waals surface area contributed by atoms with Gasteiger partial charge in [-0.05, 0) is 38.0 Å². The molecule has 2 heterocycles. The lowest BCUT2D eigenvalue weighted by Crippen LogP contribution is -2.30. The molecule has 1 atom stereocenters. The third-order valence-corrected chi connectivity index (χ3v) is 5.10. The van der Waals surface area contributed by atoms with Crippen molar-refractivity contribution in [3.63, 3.8) is 0 Å². The number of amides is 1. The first-order valence-electron chi connectivity index (χ1n) is 6.85. The number of carbonyl (C=O) groups excluding carboxylic acids is 1. The van der Waals surface area contributed by atoms with E-state index in [0.29, 0.717) is 5.75 Å². The number of hydrogen-bond donors (Lipinski definition) is 1. The smallest absolute Gasteiger partial charge is 0.230 e. The predicted molar refractivity (Wildman–Crippen MR) is 87.7 cm³/mol. The number of nitrogens with zero attached hydrogens (tertiary/aromatic N) is 2. The van der Waals surface area contributed by atoms with Crippen molar-refractivity contribution in [3.05, 3.63) is 40.7 Å². The van der Waals surface area contributed by atoms with Gasteiger partial charge < -0.3 is 5.32 Å². The van der Waals surface area contributed by atoms with Crippen molar-refractivity contribution in [1.82, 2.24) is 15.3 Å². The van der Waals surface area contributed by atoms with Crippen molar-refractivity contribution in [3.8, 4) is 0 Å². The molecule has 112 valence electrons. The second-order valence-corrected chi connectivity index (χ2v) is 6.91. The average molecular weight is 321 g/mol. The van der Waals surface area contributed by atoms with Gasteiger partial charge in [0.05, 0.1) is 17.5 Å². The number of hydrogen-bond acceptors (Lipinski definition) is 5. The van der Waals surface area contributed by atoms with Crippen LogP contribution in [0.5, 0.6) is 0 Å². The van der Waals surface area contributed by atoms with Crippen molar-refractivity contribution in [2.45, 2.75) is 37.6 Å². The SMILES string of the molecule is CC[C@@H](NC(=O)CSc1nc(C)cs1)c1cc(C)ccn1. The van der Waals surface area contributed by atoms with Gasteiger partial charge in [0.2, 0.25) is 5.91 Å². The van der Waals surface area contributed by atoms with E-state index in [9.17, 15) is 4.79 Å². The summed E-state index contributed by atoms with van der Waals surface area (Å²) in [7, 11) is 0. The number of thiazole rings is 1. The highest BCUT2D eigenvalue weighted by Gasteiger charge is 2.14. The highest BCUT2D eigenvalue weighted by Crippen LogP contribution is 2.22. The Labute approximate surface area is 133 Å². The molecule has 0 saturated carbocycles. The molecule has 0 aromatic carbocycles. The molecule has 0 aliphatic carbocycles. The molecule has 0 fully saturated rings. The quantitative estimate of drug-likeness (QED) is 0.827. The Balaban J connectivity index is 1.90. The maximum Gasteiger partial charge on any atom is 0.230 e. The van der Waals surface area contributed by atoms with Crippen LogP contribution in [0.4, 0.5) is 0 Å². The number of pyridine rings is 1. The van der Waals surface area contributed by atoms with E-state index in [1.807, 2.05) is 38.3 Å². The highest BCUT2D eigenvalue weighted by molar-refractivity contribution is 8.01. The van der Waals surface area contributed by atoms with Crippen molar-refractivity contribution < 1.29 is 4.79 Å². The molecular weight excluding hydrogens is 302 g/mol. The lowest BCUT2D eigenvalue weighted by atomic mass is 10.1. The largest absolute Gasteiger partial charge is 0.347 e. The lowest BCUT2D eigenvalue weighted by molar-refractivity contribution is -0.119. The zero-order valence-corrected chi connectivity index (χ0v) is 14.1. The van der Waals surface area contributed by atoms with Crippen molar-refractivity contribution >= 4 is 29.0 Å². The summed E-state index contributed by atoms with van der Waals surface area (Å²) < 4.78 is 0.935. The number of thioether (sulfide) groups is 1. The molecule has 0 spiro atoms. The van der Waals surface area contributed by atoms with Crippen LogP contribution < -0.4 is 5.32 Å². The van der Waals surface area contributed by atoms with Crippen LogP contribution in [-0.2, 0) is 4.79 Å². The molecule has 0 aliphatic heterocycles. The maximum absolute atomic E-state index is 12.1. The summed E-state index contributed by atoms with van der Waals surface area (Å²) in [5.41, 5.74) is 3.07. The first-order chi connectivity index (χ1) is 10.1. The molecule has 0 unspecified atom stereocenters. The van der Waals surface area contributed by atoms with E-state index < -0.39 is 0 Å². The van der Waals surface area contributed by atoms with Crippen LogP contribution in [0.25, 0.3) is 0 Å². The summed E-state index contributed by atoms with van der Waals surface area (Å²) in [5.74, 6) is 0.401. The molecule has 2 rings (SSSR count). The normalized spacial score (nSPS) is 12.1. The van der Waals surface area contributed by atoms with Gasteiger partial charge in [-0.3, -0.25) is 9.78 Å². The van der Waals surface area contributed by atoms with E-state index in [0.717, 1.165) is 27.7 Å². The van der Waals surface area contributed by atoms with Crippen LogP contribution >= 0.6 is 23.1 Å². The lowest BCUT2D eigenvalue weighted by Gasteiger charge is -2.16. The molecule has 0 aliphatic rings. The van der Waals surface area contributed by atoms with Crippen LogP contribution in [0.15, 0.2) is 28.0 Å². The van der Waals surface area contributed by atoms with Gasteiger partial charge in [-0.2, -0.15) is 0 Å². The minimum absolute atomic E-state index is 0.0167. The maximum atomic E-state index is 12.1. The van der Waals surface area contributed by atoms with Crippen LogP contribution in [0, 0.1) is 13.8 Å². The summed E-state index contributed by atoms with van der Waals surface area (Å²) in [6, 6.07) is 3.95. The van der Waals surface area contributed by atoms with Crippen LogP contribution in [0.2, 0.25) is 0 Å². The second-order valence-electron chi connectivity index (χ2n) is 4.83. The van der Waals surface area contributed by atoms with Gasteiger partial charge >= 0.3 is 0 Å². The Kier molecular flexibility index (Phi) is 5.76. The summed E-state index contributed by atoms with van der Waals surface area (Å²) in [6.45, 7) is 6.03. The fraction of sp³-hybridized carbons (Fsp3) is 0.400. The fourth-order valence-electron chi connectivity index (χ4n) is 1.90. The monoisotopic (exact) mass is 321 g/mol. The van der Waals surface area contributed by atoms with Gasteiger partial charge in [0.25, 0.3) is 0 Å². The number of aromatic nitrogens is 2. The Morgan fingerprint density at radius 1 is 1.48 bits per heavy atom. The highest BCUT2D eigenvalue weighted by atomic mass is 32.2. The van der Waals surface area contributed by atoms with Gasteiger partial charge in [0, 0.05) is 17.3 Å². The summed E-state index contributed by atoms with van der Waals surface area (Å²) >= 11 is 3.05. The molecule has 0 radical (unpaired) electrons. The molecule has 2 aromatic rings. The van der Waals surface area contributed by atoms with Crippen molar-refractivity contribution in [2.24, 2.45) is 0 Å². The third kappa shape index (κ3) is 4.82. The topological polar surface area (TPSA) is 54.9 Å². The summed E-state index contributed by atoms with van der Waals surface area (Å²) in [5, 5.41) is 5.03. The molecule has 21 heavy (non-hydrogen) atoms. The molecule has 6 heteroatoms. The molecule has 2 aromatic heterocycles. The molecule has 1 N–H and O–H groups in total. The van der Waals surface area contributed by atoms with E-state index in [2.05, 4.69) is 15.3 Å². The van der Waals surface area contributed by atoms with E-state index in [1.165, 1.54) is 11.8 Å². The Bertz CT molecular complexity index is 612. The molecular formula is C15H19N3OS2. The predicted octanol–water partition coefficient (Wildman–Crippen LogP) is 3.51. The van der Waals surface area contributed by atoms with E-state index in [4.69, 9.17) is 0 Å². The first-order valence-corrected chi connectivity index (χ1v) is 8.72. The molecule has 0 bridgehead atoms. The zero-order valence-electron chi connectivity index (χ0n) is 12.4. The standard InChI is InChI=1S/C15H19N3OS2/c1-4-12(13-7-10(2)5-6-16-13)18-14(19)9-21-15-17-11(3)8-20-15/h5-8,12H,4,9H2,1-3H3,(H,18,19)/t12-/m1/s1. The van der Waals surface area contributed by atoms with Gasteiger partial charge in [-0.1, -0.05) is 18.7 Å². The van der Waals surface area contributed by atoms with E-state index >= 15 is 0 Å². The van der Waals surface area contributed by atoms with Crippen LogP contribution in [-0.4, -0.2) is 21.6 Å². The minimum atomic E-state index is -0.0315. The molecule has 4 nitrogen and oxygen atoms in total. The molecule has 1 amide bonds. The van der Waals surface area contributed by atoms with Gasteiger partial charge in [0.15, 0.2) is 4.34 Å². The van der Waals surface area contributed by atoms with E-state index in [1.54, 1.807) is 17.5 Å². The van der Waals surface area contributed by atoms with E-state index in [-0.39, 0.29) is 11.9 Å². The summed E-state index contributed by atoms with van der Waals surface area (Å²) in [6.07, 6.45) is 2.61. The average Bonchev–Trinajstić information content (AvgIpc) is 2.88.